The fourth-order valence-corrected chi connectivity index (χ4v) is 3.05. The lowest BCUT2D eigenvalue weighted by Crippen LogP contribution is -2.20. The van der Waals surface area contributed by atoms with E-state index in [2.05, 4.69) is 5.32 Å². The number of rotatable bonds is 8. The summed E-state index contributed by atoms with van der Waals surface area (Å²) < 4.78 is 28.2. The smallest absolute Gasteiger partial charge is 0.225 e. The van der Waals surface area contributed by atoms with E-state index in [0.717, 1.165) is 0 Å². The maximum atomic E-state index is 11.8. The number of amides is 1. The fourth-order valence-electron chi connectivity index (χ4n) is 1.62. The van der Waals surface area contributed by atoms with Crippen molar-refractivity contribution in [1.82, 2.24) is 0 Å². The molecular formula is C13H19ClN2O4S. The van der Waals surface area contributed by atoms with Crippen LogP contribution in [0.4, 0.5) is 11.4 Å². The molecule has 0 aliphatic carbocycles. The van der Waals surface area contributed by atoms with Crippen molar-refractivity contribution in [3.05, 3.63) is 23.2 Å². The largest absolute Gasteiger partial charge is 0.397 e. The number of halogens is 1. The number of ether oxygens (including phenoxy) is 1. The number of anilines is 2. The van der Waals surface area contributed by atoms with Crippen molar-refractivity contribution < 1.29 is 17.9 Å². The van der Waals surface area contributed by atoms with Gasteiger partial charge in [0.2, 0.25) is 5.91 Å². The Balaban J connectivity index is 2.49. The molecule has 3 N–H and O–H groups in total. The van der Waals surface area contributed by atoms with Crippen LogP contribution in [0.1, 0.15) is 12.8 Å². The van der Waals surface area contributed by atoms with Crippen LogP contribution in [-0.4, -0.2) is 39.5 Å². The number of nitrogens with two attached hydrogens (primary N) is 1. The van der Waals surface area contributed by atoms with Crippen molar-refractivity contribution in [2.45, 2.75) is 12.8 Å². The highest BCUT2D eigenvalue weighted by Crippen LogP contribution is 2.22. The Hall–Kier alpha value is -1.31. The molecule has 0 atom stereocenters. The number of carbonyl (C=O) groups is 1. The highest BCUT2D eigenvalue weighted by molar-refractivity contribution is 7.91. The van der Waals surface area contributed by atoms with Crippen molar-refractivity contribution in [2.75, 3.05) is 36.3 Å². The first-order valence-corrected chi connectivity index (χ1v) is 8.58. The minimum Gasteiger partial charge on any atom is -0.397 e. The van der Waals surface area contributed by atoms with E-state index >= 15 is 0 Å². The monoisotopic (exact) mass is 334 g/mol. The van der Waals surface area contributed by atoms with Crippen LogP contribution in [-0.2, 0) is 19.4 Å². The maximum absolute atomic E-state index is 11.8. The van der Waals surface area contributed by atoms with Crippen LogP contribution in [0.25, 0.3) is 0 Å². The molecule has 1 aromatic rings. The number of carbonyl (C=O) groups excluding carboxylic acids is 1. The van der Waals surface area contributed by atoms with Crippen molar-refractivity contribution in [2.24, 2.45) is 0 Å². The molecule has 8 heteroatoms. The van der Waals surface area contributed by atoms with Crippen molar-refractivity contribution >= 4 is 38.7 Å². The van der Waals surface area contributed by atoms with E-state index < -0.39 is 15.7 Å². The van der Waals surface area contributed by atoms with Gasteiger partial charge in [0.05, 0.1) is 22.9 Å². The average Bonchev–Trinajstić information content (AvgIpc) is 2.41. The molecule has 6 nitrogen and oxygen atoms in total. The van der Waals surface area contributed by atoms with Gasteiger partial charge in [0.25, 0.3) is 0 Å². The molecule has 0 aliphatic rings. The second kappa shape index (κ2) is 8.21. The minimum absolute atomic E-state index is 0.00737. The summed E-state index contributed by atoms with van der Waals surface area (Å²) >= 11 is 5.81. The molecule has 21 heavy (non-hydrogen) atoms. The van der Waals surface area contributed by atoms with E-state index in [-0.39, 0.29) is 17.9 Å². The molecule has 0 aliphatic heterocycles. The number of hydrogen-bond donors (Lipinski definition) is 2. The molecule has 1 aromatic carbocycles. The van der Waals surface area contributed by atoms with Gasteiger partial charge >= 0.3 is 0 Å². The van der Waals surface area contributed by atoms with Crippen molar-refractivity contribution in [1.29, 1.82) is 0 Å². The zero-order chi connectivity index (χ0) is 15.9. The van der Waals surface area contributed by atoms with E-state index in [1.807, 2.05) is 0 Å². The summed E-state index contributed by atoms with van der Waals surface area (Å²) in [6.07, 6.45) is 0.295. The van der Waals surface area contributed by atoms with Crippen LogP contribution in [0.5, 0.6) is 0 Å². The van der Waals surface area contributed by atoms with Gasteiger partial charge in [-0.25, -0.2) is 8.42 Å². The van der Waals surface area contributed by atoms with E-state index in [1.165, 1.54) is 13.2 Å². The third-order valence-electron chi connectivity index (χ3n) is 2.73. The summed E-state index contributed by atoms with van der Waals surface area (Å²) in [5, 5.41) is 2.99. The van der Waals surface area contributed by atoms with Crippen molar-refractivity contribution in [3.63, 3.8) is 0 Å². The highest BCUT2D eigenvalue weighted by atomic mass is 35.5. The number of nitrogen functional groups attached to an aromatic ring is 1. The van der Waals surface area contributed by atoms with Crippen LogP contribution >= 0.6 is 11.6 Å². The topological polar surface area (TPSA) is 98.5 Å². The molecule has 0 unspecified atom stereocenters. The summed E-state index contributed by atoms with van der Waals surface area (Å²) in [6, 6.07) is 4.69. The van der Waals surface area contributed by atoms with Gasteiger partial charge in [-0.2, -0.15) is 0 Å². The Morgan fingerprint density at radius 2 is 2.10 bits per heavy atom. The van der Waals surface area contributed by atoms with Gasteiger partial charge in [0.1, 0.15) is 0 Å². The molecule has 0 fully saturated rings. The Bertz CT molecular complexity index is 590. The lowest BCUT2D eigenvalue weighted by atomic mass is 10.2. The van der Waals surface area contributed by atoms with Gasteiger partial charge in [-0.05, 0) is 24.6 Å². The molecule has 1 amide bonds. The molecule has 0 saturated carbocycles. The van der Waals surface area contributed by atoms with Crippen LogP contribution in [0.2, 0.25) is 5.02 Å². The molecule has 0 saturated heterocycles. The molecule has 0 spiro atoms. The molecule has 0 aromatic heterocycles. The van der Waals surface area contributed by atoms with Crippen LogP contribution < -0.4 is 11.1 Å². The summed E-state index contributed by atoms with van der Waals surface area (Å²) in [5.41, 5.74) is 6.45. The Labute approximate surface area is 129 Å². The van der Waals surface area contributed by atoms with Crippen LogP contribution in [0, 0.1) is 0 Å². The summed E-state index contributed by atoms with van der Waals surface area (Å²) in [5.74, 6) is -0.615. The number of benzene rings is 1. The third kappa shape index (κ3) is 6.79. The summed E-state index contributed by atoms with van der Waals surface area (Å²) in [7, 11) is -1.75. The zero-order valence-electron chi connectivity index (χ0n) is 11.8. The van der Waals surface area contributed by atoms with E-state index in [0.29, 0.717) is 29.4 Å². The zero-order valence-corrected chi connectivity index (χ0v) is 13.3. The first-order chi connectivity index (χ1) is 9.84. The molecule has 0 heterocycles. The van der Waals surface area contributed by atoms with Gasteiger partial charge < -0.3 is 15.8 Å². The molecule has 0 radical (unpaired) electrons. The maximum Gasteiger partial charge on any atom is 0.225 e. The Morgan fingerprint density at radius 1 is 1.38 bits per heavy atom. The highest BCUT2D eigenvalue weighted by Gasteiger charge is 2.14. The number of methoxy groups -OCH3 is 1. The van der Waals surface area contributed by atoms with Gasteiger partial charge in [-0.15, -0.1) is 0 Å². The fraction of sp³-hybridized carbons (Fsp3) is 0.462. The summed E-state index contributed by atoms with van der Waals surface area (Å²) in [4.78, 5) is 11.8. The number of hydrogen-bond acceptors (Lipinski definition) is 5. The Morgan fingerprint density at radius 3 is 2.76 bits per heavy atom. The normalized spacial score (nSPS) is 11.3. The molecule has 0 bridgehead atoms. The number of sulfone groups is 1. The lowest BCUT2D eigenvalue weighted by molar-refractivity contribution is -0.115. The van der Waals surface area contributed by atoms with E-state index in [1.54, 1.807) is 12.1 Å². The Kier molecular flexibility index (Phi) is 6.94. The van der Waals surface area contributed by atoms with Gasteiger partial charge in [0.15, 0.2) is 9.84 Å². The molecular weight excluding hydrogens is 316 g/mol. The SMILES string of the molecule is COCCCS(=O)(=O)CCC(=O)Nc1cc(Cl)ccc1N. The second-order valence-corrected chi connectivity index (χ2v) is 7.27. The van der Waals surface area contributed by atoms with Gasteiger partial charge in [-0.3, -0.25) is 4.79 Å². The number of nitrogens with one attached hydrogen (secondary N) is 1. The van der Waals surface area contributed by atoms with Gasteiger partial charge in [0, 0.05) is 25.2 Å². The predicted molar refractivity (Wildman–Crippen MR) is 84.3 cm³/mol. The van der Waals surface area contributed by atoms with E-state index in [9.17, 15) is 13.2 Å². The third-order valence-corrected chi connectivity index (χ3v) is 4.71. The van der Waals surface area contributed by atoms with Crippen LogP contribution in [0.3, 0.4) is 0 Å². The molecule has 118 valence electrons. The quantitative estimate of drug-likeness (QED) is 0.557. The first-order valence-electron chi connectivity index (χ1n) is 6.38. The lowest BCUT2D eigenvalue weighted by Gasteiger charge is -2.09. The van der Waals surface area contributed by atoms with Gasteiger partial charge in [-0.1, -0.05) is 11.6 Å². The van der Waals surface area contributed by atoms with Crippen molar-refractivity contribution in [3.8, 4) is 0 Å². The molecule has 1 rings (SSSR count). The van der Waals surface area contributed by atoms with Crippen LogP contribution in [0.15, 0.2) is 18.2 Å². The second-order valence-electron chi connectivity index (χ2n) is 4.53. The standard InChI is InChI=1S/C13H19ClN2O4S/c1-20-6-2-7-21(18,19)8-5-13(17)16-12-9-10(14)3-4-11(12)15/h3-4,9H,2,5-8,15H2,1H3,(H,16,17). The predicted octanol–water partition coefficient (Wildman–Crippen LogP) is 1.70. The average molecular weight is 335 g/mol. The minimum atomic E-state index is -3.26. The first kappa shape index (κ1) is 17.7. The van der Waals surface area contributed by atoms with E-state index in [4.69, 9.17) is 22.1 Å². The summed E-state index contributed by atoms with van der Waals surface area (Å²) in [6.45, 7) is 0.379.